The number of anilines is 1. The molecule has 0 amide bonds. The summed E-state index contributed by atoms with van der Waals surface area (Å²) >= 11 is 5.44. The number of hydrogen-bond donors (Lipinski definition) is 2. The summed E-state index contributed by atoms with van der Waals surface area (Å²) < 4.78 is 0. The Kier molecular flexibility index (Phi) is 2.97. The predicted octanol–water partition coefficient (Wildman–Crippen LogP) is 1.31. The molecule has 96 valence electrons. The quantitative estimate of drug-likeness (QED) is 0.745. The number of hydrazine groups is 1. The third-order valence-electron chi connectivity index (χ3n) is 3.73. The van der Waals surface area contributed by atoms with E-state index in [0.717, 1.165) is 36.7 Å². The molecule has 0 atom stereocenters. The predicted molar refractivity (Wildman–Crippen MR) is 77.3 cm³/mol. The highest BCUT2D eigenvalue weighted by molar-refractivity contribution is 7.80. The minimum atomic E-state index is -0.0561. The normalized spacial score (nSPS) is 23.4. The van der Waals surface area contributed by atoms with Gasteiger partial charge in [-0.3, -0.25) is 5.01 Å². The van der Waals surface area contributed by atoms with Gasteiger partial charge in [0.1, 0.15) is 5.66 Å². The number of rotatable bonds is 1. The summed E-state index contributed by atoms with van der Waals surface area (Å²) in [5, 5.41) is 6.21. The van der Waals surface area contributed by atoms with E-state index in [2.05, 4.69) is 34.8 Å². The zero-order valence-corrected chi connectivity index (χ0v) is 11.3. The number of nitrogens with one attached hydrogen (secondary N) is 2. The van der Waals surface area contributed by atoms with Crippen LogP contribution in [-0.2, 0) is 0 Å². The molecule has 0 aliphatic carbocycles. The number of thiocarbonyl (C=S) groups is 1. The van der Waals surface area contributed by atoms with E-state index >= 15 is 0 Å². The van der Waals surface area contributed by atoms with E-state index in [9.17, 15) is 0 Å². The zero-order valence-electron chi connectivity index (χ0n) is 10.5. The molecular formula is C13H18N4S. The largest absolute Gasteiger partial charge is 0.342 e. The summed E-state index contributed by atoms with van der Waals surface area (Å²) in [7, 11) is 2.16. The van der Waals surface area contributed by atoms with Crippen LogP contribution in [0.15, 0.2) is 30.3 Å². The number of likely N-dealkylation sites (tertiary alicyclic amines) is 1. The van der Waals surface area contributed by atoms with E-state index in [4.69, 9.17) is 12.2 Å². The Bertz CT molecular complexity index is 440. The van der Waals surface area contributed by atoms with Gasteiger partial charge in [0, 0.05) is 13.1 Å². The van der Waals surface area contributed by atoms with Crippen LogP contribution < -0.4 is 15.8 Å². The molecule has 2 N–H and O–H groups in total. The first kappa shape index (κ1) is 11.9. The lowest BCUT2D eigenvalue weighted by Crippen LogP contribution is -2.57. The highest BCUT2D eigenvalue weighted by Crippen LogP contribution is 2.26. The van der Waals surface area contributed by atoms with Gasteiger partial charge >= 0.3 is 0 Å². The average molecular weight is 262 g/mol. The van der Waals surface area contributed by atoms with Crippen LogP contribution in [0.25, 0.3) is 0 Å². The maximum absolute atomic E-state index is 5.44. The van der Waals surface area contributed by atoms with E-state index in [1.165, 1.54) is 0 Å². The van der Waals surface area contributed by atoms with Gasteiger partial charge in [0.2, 0.25) is 0 Å². The van der Waals surface area contributed by atoms with E-state index in [1.807, 2.05) is 23.2 Å². The molecule has 18 heavy (non-hydrogen) atoms. The molecule has 0 bridgehead atoms. The molecule has 2 heterocycles. The average Bonchev–Trinajstić information content (AvgIpc) is 2.72. The van der Waals surface area contributed by atoms with Crippen molar-refractivity contribution < 1.29 is 0 Å². The SMILES string of the molecule is CN1CCC2(CC1)NC(=S)N(c1ccccc1)N2. The number of para-hydroxylation sites is 1. The van der Waals surface area contributed by atoms with Crippen molar-refractivity contribution in [2.45, 2.75) is 18.5 Å². The molecule has 2 fully saturated rings. The van der Waals surface area contributed by atoms with Crippen molar-refractivity contribution in [2.75, 3.05) is 25.1 Å². The summed E-state index contributed by atoms with van der Waals surface area (Å²) in [4.78, 5) is 2.35. The van der Waals surface area contributed by atoms with Crippen molar-refractivity contribution in [3.05, 3.63) is 30.3 Å². The summed E-state index contributed by atoms with van der Waals surface area (Å²) in [5.41, 5.74) is 4.58. The first-order valence-corrected chi connectivity index (χ1v) is 6.73. The first-order chi connectivity index (χ1) is 8.69. The number of nitrogens with zero attached hydrogens (tertiary/aromatic N) is 2. The Morgan fingerprint density at radius 1 is 1.17 bits per heavy atom. The lowest BCUT2D eigenvalue weighted by atomic mass is 9.99. The summed E-state index contributed by atoms with van der Waals surface area (Å²) in [6.07, 6.45) is 2.12. The molecule has 1 spiro atoms. The van der Waals surface area contributed by atoms with Crippen molar-refractivity contribution in [3.63, 3.8) is 0 Å². The Morgan fingerprint density at radius 3 is 2.50 bits per heavy atom. The van der Waals surface area contributed by atoms with Crippen LogP contribution in [0, 0.1) is 0 Å². The molecule has 1 aromatic rings. The highest BCUT2D eigenvalue weighted by atomic mass is 32.1. The zero-order chi connectivity index (χ0) is 12.6. The maximum atomic E-state index is 5.44. The molecule has 4 nitrogen and oxygen atoms in total. The third kappa shape index (κ3) is 2.09. The van der Waals surface area contributed by atoms with Crippen molar-refractivity contribution in [1.29, 1.82) is 0 Å². The van der Waals surface area contributed by atoms with Gasteiger partial charge in [-0.1, -0.05) is 18.2 Å². The molecule has 0 unspecified atom stereocenters. The molecule has 1 aromatic carbocycles. The van der Waals surface area contributed by atoms with Crippen LogP contribution in [0.2, 0.25) is 0 Å². The summed E-state index contributed by atoms with van der Waals surface area (Å²) in [5.74, 6) is 0. The minimum Gasteiger partial charge on any atom is -0.342 e. The topological polar surface area (TPSA) is 30.5 Å². The van der Waals surface area contributed by atoms with Gasteiger partial charge in [-0.15, -0.1) is 0 Å². The second-order valence-corrected chi connectivity index (χ2v) is 5.48. The summed E-state index contributed by atoms with van der Waals surface area (Å²) in [6.45, 7) is 2.18. The lowest BCUT2D eigenvalue weighted by Gasteiger charge is -2.37. The Morgan fingerprint density at radius 2 is 1.83 bits per heavy atom. The lowest BCUT2D eigenvalue weighted by molar-refractivity contribution is 0.159. The fourth-order valence-corrected chi connectivity index (χ4v) is 2.90. The van der Waals surface area contributed by atoms with Gasteiger partial charge in [0.25, 0.3) is 0 Å². The Balaban J connectivity index is 1.78. The monoisotopic (exact) mass is 262 g/mol. The van der Waals surface area contributed by atoms with Crippen LogP contribution in [0.3, 0.4) is 0 Å². The molecule has 0 radical (unpaired) electrons. The Labute approximate surface area is 113 Å². The van der Waals surface area contributed by atoms with Gasteiger partial charge in [-0.2, -0.15) is 0 Å². The smallest absolute Gasteiger partial charge is 0.189 e. The molecular weight excluding hydrogens is 244 g/mol. The fraction of sp³-hybridized carbons (Fsp3) is 0.462. The van der Waals surface area contributed by atoms with Gasteiger partial charge in [0.05, 0.1) is 5.69 Å². The van der Waals surface area contributed by atoms with Crippen LogP contribution in [0.5, 0.6) is 0 Å². The number of piperidine rings is 1. The second-order valence-electron chi connectivity index (χ2n) is 5.10. The maximum Gasteiger partial charge on any atom is 0.189 e. The van der Waals surface area contributed by atoms with Gasteiger partial charge in [-0.25, -0.2) is 5.43 Å². The standard InChI is InChI=1S/C13H18N4S/c1-16-9-7-13(8-10-16)14-12(18)17(15-13)11-5-3-2-4-6-11/h2-6,15H,7-10H2,1H3,(H,14,18). The van der Waals surface area contributed by atoms with Crippen LogP contribution in [-0.4, -0.2) is 35.8 Å². The van der Waals surface area contributed by atoms with Crippen molar-refractivity contribution >= 4 is 23.0 Å². The van der Waals surface area contributed by atoms with Gasteiger partial charge in [0.15, 0.2) is 5.11 Å². The van der Waals surface area contributed by atoms with Crippen molar-refractivity contribution in [3.8, 4) is 0 Å². The first-order valence-electron chi connectivity index (χ1n) is 6.32. The van der Waals surface area contributed by atoms with Crippen molar-refractivity contribution in [2.24, 2.45) is 0 Å². The van der Waals surface area contributed by atoms with E-state index in [1.54, 1.807) is 0 Å². The molecule has 0 aromatic heterocycles. The molecule has 2 aliphatic heterocycles. The van der Waals surface area contributed by atoms with E-state index < -0.39 is 0 Å². The molecule has 5 heteroatoms. The second kappa shape index (κ2) is 4.50. The fourth-order valence-electron chi connectivity index (χ4n) is 2.55. The highest BCUT2D eigenvalue weighted by Gasteiger charge is 2.42. The van der Waals surface area contributed by atoms with Gasteiger partial charge < -0.3 is 10.2 Å². The van der Waals surface area contributed by atoms with Crippen LogP contribution in [0.1, 0.15) is 12.8 Å². The Hall–Kier alpha value is -1.17. The van der Waals surface area contributed by atoms with Crippen LogP contribution >= 0.6 is 12.2 Å². The summed E-state index contributed by atoms with van der Waals surface area (Å²) in [6, 6.07) is 10.2. The van der Waals surface area contributed by atoms with Crippen molar-refractivity contribution in [1.82, 2.24) is 15.6 Å². The third-order valence-corrected chi connectivity index (χ3v) is 4.01. The molecule has 2 saturated heterocycles. The number of benzene rings is 1. The molecule has 3 rings (SSSR count). The number of hydrogen-bond acceptors (Lipinski definition) is 3. The van der Waals surface area contributed by atoms with E-state index in [0.29, 0.717) is 0 Å². The van der Waals surface area contributed by atoms with Gasteiger partial charge in [-0.05, 0) is 44.2 Å². The minimum absolute atomic E-state index is 0.0561. The van der Waals surface area contributed by atoms with Crippen LogP contribution in [0.4, 0.5) is 5.69 Å². The van der Waals surface area contributed by atoms with E-state index in [-0.39, 0.29) is 5.66 Å². The molecule has 2 aliphatic rings. The molecule has 0 saturated carbocycles.